The highest BCUT2D eigenvalue weighted by atomic mass is 32.1. The highest BCUT2D eigenvalue weighted by Crippen LogP contribution is 2.37. The molecule has 3 aromatic rings. The summed E-state index contributed by atoms with van der Waals surface area (Å²) in [5.41, 5.74) is 3.23. The van der Waals surface area contributed by atoms with E-state index < -0.39 is 6.10 Å². The Morgan fingerprint density at radius 1 is 0.905 bits per heavy atom. The minimum Gasteiger partial charge on any atom is -0.384 e. The van der Waals surface area contributed by atoms with E-state index in [0.29, 0.717) is 0 Å². The minimum atomic E-state index is -0.573. The average molecular weight is 296 g/mol. The lowest BCUT2D eigenvalue weighted by molar-refractivity contribution is 0.219. The van der Waals surface area contributed by atoms with Crippen LogP contribution in [0.4, 0.5) is 0 Å². The van der Waals surface area contributed by atoms with E-state index in [1.165, 1.54) is 10.3 Å². The maximum absolute atomic E-state index is 10.9. The first-order valence-corrected chi connectivity index (χ1v) is 8.10. The molecule has 1 atom stereocenters. The third kappa shape index (κ3) is 2.61. The van der Waals surface area contributed by atoms with Crippen molar-refractivity contribution in [3.63, 3.8) is 0 Å². The molecular formula is C19H20OS. The molecule has 2 aromatic carbocycles. The SMILES string of the molecule is CC(C)(C)c1ccccc1C(O)c1csc2ccccc12. The molecule has 2 heteroatoms. The lowest BCUT2D eigenvalue weighted by Gasteiger charge is -2.25. The number of aliphatic hydroxyl groups is 1. The summed E-state index contributed by atoms with van der Waals surface area (Å²) in [4.78, 5) is 0. The largest absolute Gasteiger partial charge is 0.384 e. The number of rotatable bonds is 2. The van der Waals surface area contributed by atoms with Gasteiger partial charge in [0.25, 0.3) is 0 Å². The molecule has 0 aliphatic carbocycles. The van der Waals surface area contributed by atoms with Crippen molar-refractivity contribution in [1.82, 2.24) is 0 Å². The van der Waals surface area contributed by atoms with E-state index in [2.05, 4.69) is 44.4 Å². The van der Waals surface area contributed by atoms with Gasteiger partial charge in [0.2, 0.25) is 0 Å². The summed E-state index contributed by atoms with van der Waals surface area (Å²) in [6.45, 7) is 6.55. The maximum Gasteiger partial charge on any atom is 0.106 e. The molecule has 0 aliphatic heterocycles. The second-order valence-electron chi connectivity index (χ2n) is 6.43. The predicted molar refractivity (Wildman–Crippen MR) is 91.0 cm³/mol. The Balaban J connectivity index is 2.13. The first-order chi connectivity index (χ1) is 9.98. The Bertz CT molecular complexity index is 764. The van der Waals surface area contributed by atoms with Gasteiger partial charge < -0.3 is 5.11 Å². The van der Waals surface area contributed by atoms with Crippen LogP contribution in [0.3, 0.4) is 0 Å². The molecule has 3 rings (SSSR count). The standard InChI is InChI=1S/C19H20OS/c1-19(2,3)16-10-6-4-9-14(16)18(20)15-12-21-17-11-7-5-8-13(15)17/h4-12,18,20H,1-3H3. The van der Waals surface area contributed by atoms with Gasteiger partial charge in [-0.1, -0.05) is 63.2 Å². The zero-order chi connectivity index (χ0) is 15.0. The highest BCUT2D eigenvalue weighted by Gasteiger charge is 2.23. The molecule has 0 aliphatic rings. The van der Waals surface area contributed by atoms with Crippen LogP contribution < -0.4 is 0 Å². The molecule has 1 N–H and O–H groups in total. The fourth-order valence-corrected chi connectivity index (χ4v) is 3.78. The summed E-state index contributed by atoms with van der Waals surface area (Å²) >= 11 is 1.69. The van der Waals surface area contributed by atoms with Crippen molar-refractivity contribution >= 4 is 21.4 Å². The van der Waals surface area contributed by atoms with E-state index in [1.54, 1.807) is 11.3 Å². The monoisotopic (exact) mass is 296 g/mol. The van der Waals surface area contributed by atoms with Crippen LogP contribution in [0.5, 0.6) is 0 Å². The molecule has 1 aromatic heterocycles. The second kappa shape index (κ2) is 5.28. The predicted octanol–water partition coefficient (Wildman–Crippen LogP) is 5.28. The van der Waals surface area contributed by atoms with Crippen molar-refractivity contribution in [2.24, 2.45) is 0 Å². The van der Waals surface area contributed by atoms with Crippen LogP contribution >= 0.6 is 11.3 Å². The molecule has 1 nitrogen and oxygen atoms in total. The smallest absolute Gasteiger partial charge is 0.106 e. The molecule has 21 heavy (non-hydrogen) atoms. The quantitative estimate of drug-likeness (QED) is 0.682. The van der Waals surface area contributed by atoms with Crippen molar-refractivity contribution < 1.29 is 5.11 Å². The molecule has 1 unspecified atom stereocenters. The van der Waals surface area contributed by atoms with Crippen LogP contribution in [-0.4, -0.2) is 5.11 Å². The van der Waals surface area contributed by atoms with Crippen LogP contribution in [0.25, 0.3) is 10.1 Å². The zero-order valence-corrected chi connectivity index (χ0v) is 13.4. The van der Waals surface area contributed by atoms with Crippen LogP contribution in [0.2, 0.25) is 0 Å². The van der Waals surface area contributed by atoms with Gasteiger partial charge in [-0.2, -0.15) is 0 Å². The fraction of sp³-hybridized carbons (Fsp3) is 0.263. The summed E-state index contributed by atoms with van der Waals surface area (Å²) < 4.78 is 1.22. The summed E-state index contributed by atoms with van der Waals surface area (Å²) in [6.07, 6.45) is -0.573. The van der Waals surface area contributed by atoms with E-state index in [9.17, 15) is 5.11 Å². The molecule has 0 spiro atoms. The van der Waals surface area contributed by atoms with Crippen molar-refractivity contribution in [2.75, 3.05) is 0 Å². The van der Waals surface area contributed by atoms with Gasteiger partial charge in [-0.05, 0) is 33.4 Å². The number of hydrogen-bond donors (Lipinski definition) is 1. The van der Waals surface area contributed by atoms with Gasteiger partial charge in [0.05, 0.1) is 0 Å². The molecule has 0 bridgehead atoms. The van der Waals surface area contributed by atoms with Gasteiger partial charge in [-0.25, -0.2) is 0 Å². The summed E-state index contributed by atoms with van der Waals surface area (Å²) in [5.74, 6) is 0. The molecule has 0 fully saturated rings. The normalized spacial score (nSPS) is 13.5. The highest BCUT2D eigenvalue weighted by molar-refractivity contribution is 7.17. The average Bonchev–Trinajstić information content (AvgIpc) is 2.89. The van der Waals surface area contributed by atoms with Gasteiger partial charge in [0.15, 0.2) is 0 Å². The van der Waals surface area contributed by atoms with Crippen LogP contribution in [0, 0.1) is 0 Å². The summed E-state index contributed by atoms with van der Waals surface area (Å²) in [5, 5.41) is 14.2. The Morgan fingerprint density at radius 2 is 1.57 bits per heavy atom. The maximum atomic E-state index is 10.9. The Morgan fingerprint density at radius 3 is 2.33 bits per heavy atom. The van der Waals surface area contributed by atoms with Crippen molar-refractivity contribution in [1.29, 1.82) is 0 Å². The molecule has 0 saturated carbocycles. The fourth-order valence-electron chi connectivity index (χ4n) is 2.80. The second-order valence-corrected chi connectivity index (χ2v) is 7.34. The van der Waals surface area contributed by atoms with Gasteiger partial charge in [0.1, 0.15) is 6.10 Å². The number of aliphatic hydroxyl groups excluding tert-OH is 1. The number of hydrogen-bond acceptors (Lipinski definition) is 2. The molecule has 0 radical (unpaired) electrons. The van der Waals surface area contributed by atoms with Crippen molar-refractivity contribution in [2.45, 2.75) is 32.3 Å². The Kier molecular flexibility index (Phi) is 3.60. The molecular weight excluding hydrogens is 276 g/mol. The lowest BCUT2D eigenvalue weighted by Crippen LogP contribution is -2.16. The topological polar surface area (TPSA) is 20.2 Å². The Hall–Kier alpha value is -1.64. The van der Waals surface area contributed by atoms with E-state index in [-0.39, 0.29) is 5.41 Å². The molecule has 1 heterocycles. The number of fused-ring (bicyclic) bond motifs is 1. The number of thiophene rings is 1. The van der Waals surface area contributed by atoms with Gasteiger partial charge in [-0.15, -0.1) is 11.3 Å². The first kappa shape index (κ1) is 14.3. The van der Waals surface area contributed by atoms with Crippen LogP contribution in [0.15, 0.2) is 53.9 Å². The van der Waals surface area contributed by atoms with E-state index in [0.717, 1.165) is 16.5 Å². The first-order valence-electron chi connectivity index (χ1n) is 7.22. The summed E-state index contributed by atoms with van der Waals surface area (Å²) in [7, 11) is 0. The van der Waals surface area contributed by atoms with E-state index in [4.69, 9.17) is 0 Å². The molecule has 0 amide bonds. The molecule has 108 valence electrons. The summed E-state index contributed by atoms with van der Waals surface area (Å²) in [6, 6.07) is 16.5. The zero-order valence-electron chi connectivity index (χ0n) is 12.6. The van der Waals surface area contributed by atoms with Crippen molar-refractivity contribution in [3.8, 4) is 0 Å². The van der Waals surface area contributed by atoms with Crippen molar-refractivity contribution in [3.05, 3.63) is 70.6 Å². The van der Waals surface area contributed by atoms with Gasteiger partial charge in [-0.3, -0.25) is 0 Å². The number of benzene rings is 2. The van der Waals surface area contributed by atoms with Crippen LogP contribution in [0.1, 0.15) is 43.6 Å². The van der Waals surface area contributed by atoms with Gasteiger partial charge in [0, 0.05) is 10.3 Å². The van der Waals surface area contributed by atoms with E-state index >= 15 is 0 Å². The van der Waals surface area contributed by atoms with Gasteiger partial charge >= 0.3 is 0 Å². The molecule has 0 saturated heterocycles. The van der Waals surface area contributed by atoms with E-state index in [1.807, 2.05) is 30.3 Å². The Labute approximate surface area is 129 Å². The minimum absolute atomic E-state index is 0.0173. The third-order valence-electron chi connectivity index (χ3n) is 3.87. The third-order valence-corrected chi connectivity index (χ3v) is 4.85. The lowest BCUT2D eigenvalue weighted by atomic mass is 9.81. The van der Waals surface area contributed by atoms with Crippen LogP contribution in [-0.2, 0) is 5.41 Å².